The Balaban J connectivity index is 1.84. The fourth-order valence-corrected chi connectivity index (χ4v) is 2.20. The first-order chi connectivity index (χ1) is 11.5. The number of para-hydroxylation sites is 2. The maximum Gasteiger partial charge on any atom is 0.319 e. The first kappa shape index (κ1) is 17.7. The Kier molecular flexibility index (Phi) is 6.07. The number of nitrogens with one attached hydrogen (secondary N) is 2. The number of hydrogen-bond acceptors (Lipinski definition) is 3. The van der Waals surface area contributed by atoms with E-state index in [9.17, 15) is 4.79 Å². The van der Waals surface area contributed by atoms with Gasteiger partial charge in [0.1, 0.15) is 18.1 Å². The first-order valence-corrected chi connectivity index (χ1v) is 7.90. The maximum absolute atomic E-state index is 12.1. The monoisotopic (exact) mass is 328 g/mol. The van der Waals surface area contributed by atoms with Crippen molar-refractivity contribution in [2.75, 3.05) is 19.0 Å². The predicted molar refractivity (Wildman–Crippen MR) is 96.0 cm³/mol. The van der Waals surface area contributed by atoms with E-state index in [1.165, 1.54) is 11.1 Å². The van der Waals surface area contributed by atoms with Gasteiger partial charge in [0.05, 0.1) is 18.8 Å². The summed E-state index contributed by atoms with van der Waals surface area (Å²) in [6.07, 6.45) is 0. The van der Waals surface area contributed by atoms with Gasteiger partial charge in [0.15, 0.2) is 0 Å². The van der Waals surface area contributed by atoms with Crippen molar-refractivity contribution in [1.82, 2.24) is 5.32 Å². The van der Waals surface area contributed by atoms with Gasteiger partial charge in [0.25, 0.3) is 0 Å². The highest BCUT2D eigenvalue weighted by Crippen LogP contribution is 2.22. The van der Waals surface area contributed by atoms with Gasteiger partial charge in [-0.05, 0) is 56.2 Å². The lowest BCUT2D eigenvalue weighted by molar-refractivity contribution is 0.236. The second-order valence-electron chi connectivity index (χ2n) is 5.76. The second-order valence-corrected chi connectivity index (χ2v) is 5.76. The molecule has 5 nitrogen and oxygen atoms in total. The van der Waals surface area contributed by atoms with E-state index in [0.717, 1.165) is 5.75 Å². The van der Waals surface area contributed by atoms with Crippen LogP contribution >= 0.6 is 0 Å². The molecule has 0 aliphatic rings. The van der Waals surface area contributed by atoms with Gasteiger partial charge in [-0.1, -0.05) is 18.2 Å². The Hall–Kier alpha value is -2.69. The normalized spacial score (nSPS) is 11.5. The fraction of sp³-hybridized carbons (Fsp3) is 0.316. The van der Waals surface area contributed by atoms with Gasteiger partial charge < -0.3 is 20.1 Å². The van der Waals surface area contributed by atoms with Gasteiger partial charge in [-0.25, -0.2) is 4.79 Å². The largest absolute Gasteiger partial charge is 0.495 e. The maximum atomic E-state index is 12.1. The Labute approximate surface area is 143 Å². The molecule has 2 N–H and O–H groups in total. The predicted octanol–water partition coefficient (Wildman–Crippen LogP) is 3.90. The molecular weight excluding hydrogens is 304 g/mol. The van der Waals surface area contributed by atoms with Crippen molar-refractivity contribution in [3.63, 3.8) is 0 Å². The highest BCUT2D eigenvalue weighted by atomic mass is 16.5. The molecule has 0 aliphatic carbocycles. The van der Waals surface area contributed by atoms with Crippen LogP contribution in [0.1, 0.15) is 18.1 Å². The summed E-state index contributed by atoms with van der Waals surface area (Å²) in [4.78, 5) is 12.1. The molecule has 0 bridgehead atoms. The number of urea groups is 1. The summed E-state index contributed by atoms with van der Waals surface area (Å²) in [6, 6.07) is 12.8. The number of rotatable bonds is 6. The number of ether oxygens (including phenoxy) is 2. The molecule has 0 spiro atoms. The molecule has 24 heavy (non-hydrogen) atoms. The molecule has 1 atom stereocenters. The van der Waals surface area contributed by atoms with Crippen LogP contribution in [0.4, 0.5) is 10.5 Å². The van der Waals surface area contributed by atoms with Crippen molar-refractivity contribution >= 4 is 11.7 Å². The third kappa shape index (κ3) is 4.91. The molecule has 0 saturated heterocycles. The number of carbonyl (C=O) groups excluding carboxylic acids is 1. The number of carbonyl (C=O) groups is 1. The molecule has 128 valence electrons. The Morgan fingerprint density at radius 1 is 1.12 bits per heavy atom. The summed E-state index contributed by atoms with van der Waals surface area (Å²) in [7, 11) is 1.57. The van der Waals surface area contributed by atoms with E-state index < -0.39 is 0 Å². The van der Waals surface area contributed by atoms with Gasteiger partial charge in [-0.15, -0.1) is 0 Å². The van der Waals surface area contributed by atoms with Crippen molar-refractivity contribution < 1.29 is 14.3 Å². The Bertz CT molecular complexity index is 701. The SMILES string of the molecule is COc1ccccc1NC(=O)NC(C)COc1ccc(C)c(C)c1. The molecule has 0 radical (unpaired) electrons. The van der Waals surface area contributed by atoms with Gasteiger partial charge in [-0.2, -0.15) is 0 Å². The second kappa shape index (κ2) is 8.24. The van der Waals surface area contributed by atoms with Crippen LogP contribution in [-0.4, -0.2) is 25.8 Å². The molecule has 0 fully saturated rings. The molecule has 0 aliphatic heterocycles. The van der Waals surface area contributed by atoms with E-state index in [1.54, 1.807) is 19.2 Å². The average molecular weight is 328 g/mol. The molecule has 1 unspecified atom stereocenters. The van der Waals surface area contributed by atoms with Crippen LogP contribution in [0.15, 0.2) is 42.5 Å². The quantitative estimate of drug-likeness (QED) is 0.845. The highest BCUT2D eigenvalue weighted by Gasteiger charge is 2.10. The number of hydrogen-bond donors (Lipinski definition) is 2. The van der Waals surface area contributed by atoms with Crippen molar-refractivity contribution in [3.05, 3.63) is 53.6 Å². The molecule has 0 heterocycles. The minimum atomic E-state index is -0.296. The van der Waals surface area contributed by atoms with Gasteiger partial charge in [0.2, 0.25) is 0 Å². The zero-order chi connectivity index (χ0) is 17.5. The summed E-state index contributed by atoms with van der Waals surface area (Å²) in [6.45, 7) is 6.39. The molecule has 5 heteroatoms. The minimum absolute atomic E-state index is 0.138. The number of aryl methyl sites for hydroxylation is 2. The van der Waals surface area contributed by atoms with Gasteiger partial charge in [-0.3, -0.25) is 0 Å². The summed E-state index contributed by atoms with van der Waals surface area (Å²) in [5, 5.41) is 5.62. The number of methoxy groups -OCH3 is 1. The van der Waals surface area contributed by atoms with Crippen LogP contribution in [0.25, 0.3) is 0 Å². The van der Waals surface area contributed by atoms with E-state index in [2.05, 4.69) is 17.6 Å². The number of amides is 2. The highest BCUT2D eigenvalue weighted by molar-refractivity contribution is 5.91. The average Bonchev–Trinajstić information content (AvgIpc) is 2.56. The summed E-state index contributed by atoms with van der Waals surface area (Å²) in [5.74, 6) is 1.42. The molecular formula is C19H24N2O3. The van der Waals surface area contributed by atoms with E-state index in [0.29, 0.717) is 18.0 Å². The lowest BCUT2D eigenvalue weighted by atomic mass is 10.1. The minimum Gasteiger partial charge on any atom is -0.495 e. The molecule has 0 aromatic heterocycles. The van der Waals surface area contributed by atoms with Crippen LogP contribution in [0.5, 0.6) is 11.5 Å². The fourth-order valence-electron chi connectivity index (χ4n) is 2.20. The van der Waals surface area contributed by atoms with Crippen LogP contribution in [-0.2, 0) is 0 Å². The summed E-state index contributed by atoms with van der Waals surface area (Å²) >= 11 is 0. The lowest BCUT2D eigenvalue weighted by Crippen LogP contribution is -2.39. The zero-order valence-electron chi connectivity index (χ0n) is 14.6. The van der Waals surface area contributed by atoms with Crippen LogP contribution in [0.2, 0.25) is 0 Å². The van der Waals surface area contributed by atoms with Gasteiger partial charge in [0, 0.05) is 0 Å². The molecule has 2 rings (SSSR count). The third-order valence-electron chi connectivity index (χ3n) is 3.71. The van der Waals surface area contributed by atoms with E-state index in [-0.39, 0.29) is 12.1 Å². The van der Waals surface area contributed by atoms with Crippen molar-refractivity contribution in [3.8, 4) is 11.5 Å². The standard InChI is InChI=1S/C19H24N2O3/c1-13-9-10-16(11-14(13)2)24-12-15(3)20-19(22)21-17-7-5-6-8-18(17)23-4/h5-11,15H,12H2,1-4H3,(H2,20,21,22). The number of anilines is 1. The van der Waals surface area contributed by atoms with E-state index >= 15 is 0 Å². The zero-order valence-corrected chi connectivity index (χ0v) is 14.6. The lowest BCUT2D eigenvalue weighted by Gasteiger charge is -2.17. The Morgan fingerprint density at radius 3 is 2.58 bits per heavy atom. The molecule has 0 saturated carbocycles. The van der Waals surface area contributed by atoms with Gasteiger partial charge >= 0.3 is 6.03 Å². The molecule has 2 aromatic carbocycles. The molecule has 2 aromatic rings. The number of benzene rings is 2. The van der Waals surface area contributed by atoms with Crippen molar-refractivity contribution in [1.29, 1.82) is 0 Å². The smallest absolute Gasteiger partial charge is 0.319 e. The first-order valence-electron chi connectivity index (χ1n) is 7.90. The van der Waals surface area contributed by atoms with Crippen LogP contribution in [0, 0.1) is 13.8 Å². The van der Waals surface area contributed by atoms with E-state index in [4.69, 9.17) is 9.47 Å². The summed E-state index contributed by atoms with van der Waals surface area (Å²) < 4.78 is 10.9. The van der Waals surface area contributed by atoms with Crippen molar-refractivity contribution in [2.24, 2.45) is 0 Å². The molecule has 2 amide bonds. The van der Waals surface area contributed by atoms with Crippen molar-refractivity contribution in [2.45, 2.75) is 26.8 Å². The Morgan fingerprint density at radius 2 is 1.88 bits per heavy atom. The summed E-state index contributed by atoms with van der Waals surface area (Å²) in [5.41, 5.74) is 3.03. The topological polar surface area (TPSA) is 59.6 Å². The van der Waals surface area contributed by atoms with Crippen LogP contribution < -0.4 is 20.1 Å². The third-order valence-corrected chi connectivity index (χ3v) is 3.71. The van der Waals surface area contributed by atoms with E-state index in [1.807, 2.05) is 44.2 Å². The van der Waals surface area contributed by atoms with Crippen LogP contribution in [0.3, 0.4) is 0 Å².